The van der Waals surface area contributed by atoms with Crippen LogP contribution in [0.1, 0.15) is 12.5 Å². The number of nitrogens with one attached hydrogen (secondary N) is 2. The average molecular weight is 238 g/mol. The van der Waals surface area contributed by atoms with Crippen LogP contribution in [-0.4, -0.2) is 19.0 Å². The number of carbonyl (C=O) groups is 1. The monoisotopic (exact) mass is 237 g/mol. The van der Waals surface area contributed by atoms with Gasteiger partial charge in [-0.3, -0.25) is 4.79 Å². The lowest BCUT2D eigenvalue weighted by molar-refractivity contribution is -0.119. The number of likely N-dealkylation sites (N-methyl/N-ethyl adjacent to an activating group) is 1. The van der Waals surface area contributed by atoms with Crippen molar-refractivity contribution in [2.24, 2.45) is 0 Å². The van der Waals surface area contributed by atoms with E-state index in [1.54, 1.807) is 18.2 Å². The molecule has 1 rings (SSSR count). The van der Waals surface area contributed by atoms with Gasteiger partial charge in [0.15, 0.2) is 0 Å². The third kappa shape index (κ3) is 3.14. The molecular weight excluding hydrogens is 226 g/mol. The SMILES string of the molecule is CCNC(=O)CNc1cccc(Cl)c1C#N. The summed E-state index contributed by atoms with van der Waals surface area (Å²) in [6.07, 6.45) is 0. The number of anilines is 1. The van der Waals surface area contributed by atoms with Gasteiger partial charge >= 0.3 is 0 Å². The van der Waals surface area contributed by atoms with E-state index in [4.69, 9.17) is 16.9 Å². The fourth-order valence-corrected chi connectivity index (χ4v) is 1.44. The molecular formula is C11H12ClN3O. The van der Waals surface area contributed by atoms with Gasteiger partial charge in [-0.1, -0.05) is 17.7 Å². The molecule has 0 aromatic heterocycles. The van der Waals surface area contributed by atoms with E-state index in [0.717, 1.165) is 0 Å². The summed E-state index contributed by atoms with van der Waals surface area (Å²) in [5.74, 6) is -0.119. The first-order valence-electron chi connectivity index (χ1n) is 4.88. The molecule has 0 bridgehead atoms. The molecule has 0 saturated heterocycles. The number of halogens is 1. The summed E-state index contributed by atoms with van der Waals surface area (Å²) in [5.41, 5.74) is 0.926. The van der Waals surface area contributed by atoms with Crippen molar-refractivity contribution in [1.82, 2.24) is 5.32 Å². The highest BCUT2D eigenvalue weighted by Gasteiger charge is 2.06. The standard InChI is InChI=1S/C11H12ClN3O/c1-2-14-11(16)7-15-10-5-3-4-9(12)8(10)6-13/h3-5,15H,2,7H2,1H3,(H,14,16). The average Bonchev–Trinajstić information content (AvgIpc) is 2.27. The first-order valence-corrected chi connectivity index (χ1v) is 5.26. The van der Waals surface area contributed by atoms with Crippen molar-refractivity contribution in [3.8, 4) is 6.07 Å². The summed E-state index contributed by atoms with van der Waals surface area (Å²) in [6, 6.07) is 7.07. The minimum absolute atomic E-state index is 0.119. The Morgan fingerprint density at radius 1 is 1.56 bits per heavy atom. The van der Waals surface area contributed by atoms with Gasteiger partial charge in [0.2, 0.25) is 5.91 Å². The first-order chi connectivity index (χ1) is 7.69. The lowest BCUT2D eigenvalue weighted by Crippen LogP contribution is -2.29. The molecule has 5 heteroatoms. The zero-order valence-electron chi connectivity index (χ0n) is 8.88. The van der Waals surface area contributed by atoms with Crippen LogP contribution >= 0.6 is 11.6 Å². The Morgan fingerprint density at radius 2 is 2.31 bits per heavy atom. The van der Waals surface area contributed by atoms with Crippen molar-refractivity contribution < 1.29 is 4.79 Å². The minimum Gasteiger partial charge on any atom is -0.375 e. The topological polar surface area (TPSA) is 64.9 Å². The van der Waals surface area contributed by atoms with E-state index in [1.165, 1.54) is 0 Å². The third-order valence-electron chi connectivity index (χ3n) is 1.94. The number of hydrogen-bond acceptors (Lipinski definition) is 3. The van der Waals surface area contributed by atoms with E-state index in [9.17, 15) is 4.79 Å². The summed E-state index contributed by atoms with van der Waals surface area (Å²) in [4.78, 5) is 11.2. The molecule has 0 aliphatic heterocycles. The van der Waals surface area contributed by atoms with Crippen molar-refractivity contribution in [3.63, 3.8) is 0 Å². The van der Waals surface area contributed by atoms with E-state index in [-0.39, 0.29) is 12.5 Å². The van der Waals surface area contributed by atoms with Crippen LogP contribution in [0.25, 0.3) is 0 Å². The van der Waals surface area contributed by atoms with Gasteiger partial charge < -0.3 is 10.6 Å². The molecule has 16 heavy (non-hydrogen) atoms. The summed E-state index contributed by atoms with van der Waals surface area (Å²) in [7, 11) is 0. The molecule has 0 unspecified atom stereocenters. The number of nitrogens with zero attached hydrogens (tertiary/aromatic N) is 1. The van der Waals surface area contributed by atoms with Crippen LogP contribution in [0.15, 0.2) is 18.2 Å². The van der Waals surface area contributed by atoms with Crippen molar-refractivity contribution in [2.45, 2.75) is 6.92 Å². The molecule has 84 valence electrons. The second kappa shape index (κ2) is 5.99. The lowest BCUT2D eigenvalue weighted by atomic mass is 10.2. The van der Waals surface area contributed by atoms with Gasteiger partial charge in [-0.15, -0.1) is 0 Å². The van der Waals surface area contributed by atoms with E-state index >= 15 is 0 Å². The largest absolute Gasteiger partial charge is 0.375 e. The van der Waals surface area contributed by atoms with Crippen LogP contribution < -0.4 is 10.6 Å². The van der Waals surface area contributed by atoms with Crippen LogP contribution in [0, 0.1) is 11.3 Å². The maximum absolute atomic E-state index is 11.2. The van der Waals surface area contributed by atoms with E-state index in [2.05, 4.69) is 10.6 Å². The van der Waals surface area contributed by atoms with E-state index < -0.39 is 0 Å². The van der Waals surface area contributed by atoms with Gasteiger partial charge in [-0.2, -0.15) is 5.26 Å². The Morgan fingerprint density at radius 3 is 2.94 bits per heavy atom. The molecule has 0 heterocycles. The van der Waals surface area contributed by atoms with Gasteiger partial charge in [0.25, 0.3) is 0 Å². The Labute approximate surface area is 99.2 Å². The van der Waals surface area contributed by atoms with Crippen LogP contribution in [0.4, 0.5) is 5.69 Å². The van der Waals surface area contributed by atoms with Crippen molar-refractivity contribution >= 4 is 23.2 Å². The molecule has 1 aromatic carbocycles. The van der Waals surface area contributed by atoms with E-state index in [1.807, 2.05) is 13.0 Å². The molecule has 4 nitrogen and oxygen atoms in total. The predicted molar refractivity (Wildman–Crippen MR) is 63.3 cm³/mol. The van der Waals surface area contributed by atoms with Crippen LogP contribution in [-0.2, 0) is 4.79 Å². The summed E-state index contributed by atoms with van der Waals surface area (Å²) in [5, 5.41) is 14.8. The Kier molecular flexibility index (Phi) is 4.62. The van der Waals surface area contributed by atoms with Crippen molar-refractivity contribution in [2.75, 3.05) is 18.4 Å². The Balaban J connectivity index is 2.71. The molecule has 0 fully saturated rings. The van der Waals surface area contributed by atoms with Crippen molar-refractivity contribution in [1.29, 1.82) is 5.26 Å². The minimum atomic E-state index is -0.119. The van der Waals surface area contributed by atoms with Crippen molar-refractivity contribution in [3.05, 3.63) is 28.8 Å². The first kappa shape index (κ1) is 12.3. The molecule has 0 spiro atoms. The number of hydrogen-bond donors (Lipinski definition) is 2. The van der Waals surface area contributed by atoms with Gasteiger partial charge in [-0.05, 0) is 19.1 Å². The zero-order valence-corrected chi connectivity index (χ0v) is 9.64. The summed E-state index contributed by atoms with van der Waals surface area (Å²) >= 11 is 5.84. The van der Waals surface area contributed by atoms with Gasteiger partial charge in [0.1, 0.15) is 6.07 Å². The summed E-state index contributed by atoms with van der Waals surface area (Å²) < 4.78 is 0. The molecule has 1 aromatic rings. The predicted octanol–water partition coefficient (Wildman–Crippen LogP) is 1.76. The Bertz CT molecular complexity index is 426. The highest BCUT2D eigenvalue weighted by Crippen LogP contribution is 2.22. The highest BCUT2D eigenvalue weighted by molar-refractivity contribution is 6.32. The molecule has 0 radical (unpaired) electrons. The molecule has 0 aliphatic rings. The molecule has 2 N–H and O–H groups in total. The fraction of sp³-hybridized carbons (Fsp3) is 0.273. The van der Waals surface area contributed by atoms with Gasteiger partial charge in [-0.25, -0.2) is 0 Å². The normalized spacial score (nSPS) is 9.31. The zero-order chi connectivity index (χ0) is 12.0. The summed E-state index contributed by atoms with van der Waals surface area (Å²) in [6.45, 7) is 2.56. The lowest BCUT2D eigenvalue weighted by Gasteiger charge is -2.08. The fourth-order valence-electron chi connectivity index (χ4n) is 1.22. The molecule has 0 saturated carbocycles. The van der Waals surface area contributed by atoms with Crippen LogP contribution in [0.2, 0.25) is 5.02 Å². The number of carbonyl (C=O) groups excluding carboxylic acids is 1. The number of rotatable bonds is 4. The van der Waals surface area contributed by atoms with Crippen LogP contribution in [0.3, 0.4) is 0 Å². The number of nitriles is 1. The maximum Gasteiger partial charge on any atom is 0.239 e. The van der Waals surface area contributed by atoms with Gasteiger partial charge in [0.05, 0.1) is 22.8 Å². The van der Waals surface area contributed by atoms with Crippen LogP contribution in [0.5, 0.6) is 0 Å². The van der Waals surface area contributed by atoms with Gasteiger partial charge in [0, 0.05) is 6.54 Å². The third-order valence-corrected chi connectivity index (χ3v) is 2.25. The smallest absolute Gasteiger partial charge is 0.239 e. The Hall–Kier alpha value is -1.73. The second-order valence-corrected chi connectivity index (χ2v) is 3.49. The quantitative estimate of drug-likeness (QED) is 0.839. The second-order valence-electron chi connectivity index (χ2n) is 3.08. The maximum atomic E-state index is 11.2. The molecule has 0 atom stereocenters. The number of benzene rings is 1. The highest BCUT2D eigenvalue weighted by atomic mass is 35.5. The van der Waals surface area contributed by atoms with E-state index in [0.29, 0.717) is 22.8 Å². The number of amides is 1. The molecule has 0 aliphatic carbocycles. The molecule has 1 amide bonds.